The summed E-state index contributed by atoms with van der Waals surface area (Å²) in [4.78, 5) is 21.8. The Labute approximate surface area is 135 Å². The summed E-state index contributed by atoms with van der Waals surface area (Å²) in [5.41, 5.74) is 1.79. The predicted molar refractivity (Wildman–Crippen MR) is 83.0 cm³/mol. The van der Waals surface area contributed by atoms with Gasteiger partial charge in [0.2, 0.25) is 5.76 Å². The molecule has 7 heteroatoms. The Bertz CT molecular complexity index is 676. The highest BCUT2D eigenvalue weighted by molar-refractivity contribution is 5.91. The van der Waals surface area contributed by atoms with Crippen LogP contribution in [0.1, 0.15) is 47.7 Å². The van der Waals surface area contributed by atoms with Crippen molar-refractivity contribution in [1.82, 2.24) is 20.0 Å². The fourth-order valence-electron chi connectivity index (χ4n) is 2.68. The molecule has 0 radical (unpaired) electrons. The smallest absolute Gasteiger partial charge is 0.292 e. The number of morpholine rings is 1. The minimum absolute atomic E-state index is 0.149. The number of ether oxygens (including phenoxy) is 1. The summed E-state index contributed by atoms with van der Waals surface area (Å²) in [6.45, 7) is 7.61. The molecule has 3 heterocycles. The van der Waals surface area contributed by atoms with Gasteiger partial charge in [-0.25, -0.2) is 4.98 Å². The van der Waals surface area contributed by atoms with E-state index in [0.29, 0.717) is 25.6 Å². The highest BCUT2D eigenvalue weighted by atomic mass is 16.5. The molecule has 0 aliphatic carbocycles. The average molecular weight is 318 g/mol. The summed E-state index contributed by atoms with van der Waals surface area (Å²) >= 11 is 0. The van der Waals surface area contributed by atoms with Crippen LogP contribution >= 0.6 is 0 Å². The monoisotopic (exact) mass is 318 g/mol. The van der Waals surface area contributed by atoms with Gasteiger partial charge >= 0.3 is 0 Å². The second kappa shape index (κ2) is 6.54. The van der Waals surface area contributed by atoms with E-state index in [1.54, 1.807) is 17.2 Å². The number of hydrogen-bond acceptors (Lipinski definition) is 5. The number of carbonyl (C=O) groups is 1. The number of carbonyl (C=O) groups excluding carboxylic acids is 1. The molecule has 23 heavy (non-hydrogen) atoms. The molecule has 0 bridgehead atoms. The summed E-state index contributed by atoms with van der Waals surface area (Å²) in [6, 6.07) is 1.74. The van der Waals surface area contributed by atoms with E-state index in [9.17, 15) is 4.79 Å². The van der Waals surface area contributed by atoms with Crippen molar-refractivity contribution >= 4 is 5.91 Å². The number of aromatic nitrogens is 3. The fraction of sp³-hybridized carbons (Fsp3) is 0.562. The van der Waals surface area contributed by atoms with Crippen molar-refractivity contribution < 1.29 is 14.1 Å². The largest absolute Gasteiger partial charge is 0.367 e. The van der Waals surface area contributed by atoms with Gasteiger partial charge in [0, 0.05) is 24.5 Å². The van der Waals surface area contributed by atoms with Crippen molar-refractivity contribution in [3.8, 4) is 0 Å². The molecule has 1 N–H and O–H groups in total. The molecule has 1 aliphatic heterocycles. The Morgan fingerprint density at radius 2 is 2.35 bits per heavy atom. The summed E-state index contributed by atoms with van der Waals surface area (Å²) in [7, 11) is 0. The fourth-order valence-corrected chi connectivity index (χ4v) is 2.68. The molecule has 1 amide bonds. The van der Waals surface area contributed by atoms with Crippen LogP contribution in [0.15, 0.2) is 16.8 Å². The lowest BCUT2D eigenvalue weighted by molar-refractivity contribution is -0.0276. The molecule has 1 aliphatic rings. The molecule has 1 unspecified atom stereocenters. The number of aryl methyl sites for hydroxylation is 1. The first-order valence-electron chi connectivity index (χ1n) is 7.91. The molecular formula is C16H22N4O3. The average Bonchev–Trinajstić information content (AvgIpc) is 3.15. The summed E-state index contributed by atoms with van der Waals surface area (Å²) in [6.07, 6.45) is 2.32. The standard InChI is InChI=1S/C16H22N4O3/c1-10(2)6-12-7-13(23-19-12)16(21)20-4-5-22-14(9-20)15-17-8-11(3)18-15/h7-8,10,14H,4-6,9H2,1-3H3,(H,17,18). The normalized spacial score (nSPS) is 18.6. The van der Waals surface area contributed by atoms with Crippen LogP contribution in [0.2, 0.25) is 0 Å². The van der Waals surface area contributed by atoms with Crippen LogP contribution in [0.4, 0.5) is 0 Å². The summed E-state index contributed by atoms with van der Waals surface area (Å²) in [5.74, 6) is 1.36. The van der Waals surface area contributed by atoms with E-state index in [2.05, 4.69) is 29.0 Å². The summed E-state index contributed by atoms with van der Waals surface area (Å²) < 4.78 is 10.9. The first-order valence-corrected chi connectivity index (χ1v) is 7.91. The lowest BCUT2D eigenvalue weighted by Gasteiger charge is -2.31. The predicted octanol–water partition coefficient (Wildman–Crippen LogP) is 2.12. The van der Waals surface area contributed by atoms with Crippen molar-refractivity contribution in [2.45, 2.75) is 33.3 Å². The minimum Gasteiger partial charge on any atom is -0.367 e. The molecule has 2 aromatic heterocycles. The Hall–Kier alpha value is -2.15. The molecule has 1 saturated heterocycles. The minimum atomic E-state index is -0.237. The SMILES string of the molecule is Cc1cnc(C2CN(C(=O)c3cc(CC(C)C)no3)CCO2)[nH]1. The molecule has 0 spiro atoms. The van der Waals surface area contributed by atoms with Gasteiger partial charge < -0.3 is 19.1 Å². The van der Waals surface area contributed by atoms with Crippen molar-refractivity contribution in [1.29, 1.82) is 0 Å². The molecular weight excluding hydrogens is 296 g/mol. The molecule has 7 nitrogen and oxygen atoms in total. The Morgan fingerprint density at radius 3 is 3.04 bits per heavy atom. The van der Waals surface area contributed by atoms with Gasteiger partial charge in [-0.3, -0.25) is 4.79 Å². The number of amides is 1. The maximum Gasteiger partial charge on any atom is 0.292 e. The third-order valence-electron chi connectivity index (χ3n) is 3.77. The van der Waals surface area contributed by atoms with Gasteiger partial charge in [0.05, 0.1) is 18.8 Å². The van der Waals surface area contributed by atoms with Crippen LogP contribution in [0.25, 0.3) is 0 Å². The van der Waals surface area contributed by atoms with Crippen molar-refractivity contribution in [2.24, 2.45) is 5.92 Å². The van der Waals surface area contributed by atoms with E-state index in [4.69, 9.17) is 9.26 Å². The van der Waals surface area contributed by atoms with Gasteiger partial charge in [-0.2, -0.15) is 0 Å². The molecule has 1 atom stereocenters. The summed E-state index contributed by atoms with van der Waals surface area (Å²) in [5, 5.41) is 3.98. The van der Waals surface area contributed by atoms with Crippen LogP contribution in [0.3, 0.4) is 0 Å². The maximum absolute atomic E-state index is 12.6. The zero-order valence-corrected chi connectivity index (χ0v) is 13.7. The van der Waals surface area contributed by atoms with Crippen LogP contribution in [-0.2, 0) is 11.2 Å². The van der Waals surface area contributed by atoms with E-state index in [-0.39, 0.29) is 17.8 Å². The van der Waals surface area contributed by atoms with E-state index in [0.717, 1.165) is 23.6 Å². The maximum atomic E-state index is 12.6. The van der Waals surface area contributed by atoms with Crippen LogP contribution in [-0.4, -0.2) is 45.6 Å². The van der Waals surface area contributed by atoms with Gasteiger partial charge in [0.25, 0.3) is 5.91 Å². The second-order valence-corrected chi connectivity index (χ2v) is 6.34. The molecule has 2 aromatic rings. The lowest BCUT2D eigenvalue weighted by atomic mass is 10.1. The van der Waals surface area contributed by atoms with E-state index in [1.165, 1.54) is 0 Å². The Kier molecular flexibility index (Phi) is 4.47. The zero-order chi connectivity index (χ0) is 16.4. The number of aromatic amines is 1. The van der Waals surface area contributed by atoms with Gasteiger partial charge in [-0.05, 0) is 19.3 Å². The number of imidazole rings is 1. The van der Waals surface area contributed by atoms with Crippen LogP contribution in [0.5, 0.6) is 0 Å². The third-order valence-corrected chi connectivity index (χ3v) is 3.77. The quantitative estimate of drug-likeness (QED) is 0.933. The highest BCUT2D eigenvalue weighted by Gasteiger charge is 2.29. The van der Waals surface area contributed by atoms with Crippen molar-refractivity contribution in [2.75, 3.05) is 19.7 Å². The molecule has 1 fully saturated rings. The van der Waals surface area contributed by atoms with Crippen molar-refractivity contribution in [3.63, 3.8) is 0 Å². The van der Waals surface area contributed by atoms with Gasteiger partial charge in [0.1, 0.15) is 11.9 Å². The Balaban J connectivity index is 1.68. The first kappa shape index (κ1) is 15.7. The molecule has 0 saturated carbocycles. The van der Waals surface area contributed by atoms with Crippen molar-refractivity contribution in [3.05, 3.63) is 35.2 Å². The first-order chi connectivity index (χ1) is 11.0. The highest BCUT2D eigenvalue weighted by Crippen LogP contribution is 2.21. The Morgan fingerprint density at radius 1 is 1.52 bits per heavy atom. The molecule has 124 valence electrons. The van der Waals surface area contributed by atoms with Gasteiger partial charge in [0.15, 0.2) is 0 Å². The number of nitrogens with zero attached hydrogens (tertiary/aromatic N) is 3. The van der Waals surface area contributed by atoms with E-state index in [1.807, 2.05) is 6.92 Å². The number of rotatable bonds is 4. The van der Waals surface area contributed by atoms with E-state index >= 15 is 0 Å². The topological polar surface area (TPSA) is 84.2 Å². The number of H-pyrrole nitrogens is 1. The van der Waals surface area contributed by atoms with E-state index < -0.39 is 0 Å². The molecule has 3 rings (SSSR count). The molecule has 0 aromatic carbocycles. The van der Waals surface area contributed by atoms with Gasteiger partial charge in [-0.15, -0.1) is 0 Å². The van der Waals surface area contributed by atoms with Crippen LogP contribution < -0.4 is 0 Å². The number of nitrogens with one attached hydrogen (secondary N) is 1. The second-order valence-electron chi connectivity index (χ2n) is 6.34. The zero-order valence-electron chi connectivity index (χ0n) is 13.7. The van der Waals surface area contributed by atoms with Gasteiger partial charge in [-0.1, -0.05) is 19.0 Å². The third kappa shape index (κ3) is 3.61. The number of hydrogen-bond donors (Lipinski definition) is 1. The lowest BCUT2D eigenvalue weighted by Crippen LogP contribution is -2.42. The van der Waals surface area contributed by atoms with Crippen LogP contribution in [0, 0.1) is 12.8 Å².